The van der Waals surface area contributed by atoms with Crippen LogP contribution in [-0.2, 0) is 9.59 Å². The Bertz CT molecular complexity index is 891. The first-order valence-corrected chi connectivity index (χ1v) is 9.66. The van der Waals surface area contributed by atoms with Gasteiger partial charge in [-0.2, -0.15) is 0 Å². The van der Waals surface area contributed by atoms with Gasteiger partial charge in [-0.1, -0.05) is 30.7 Å². The van der Waals surface area contributed by atoms with Gasteiger partial charge in [0.1, 0.15) is 17.2 Å². The lowest BCUT2D eigenvalue weighted by molar-refractivity contribution is -0.119. The number of amides is 2. The van der Waals surface area contributed by atoms with Crippen molar-refractivity contribution >= 4 is 34.8 Å². The molecule has 0 saturated carbocycles. The highest BCUT2D eigenvalue weighted by Crippen LogP contribution is 2.35. The lowest BCUT2D eigenvalue weighted by Gasteiger charge is -2.20. The average Bonchev–Trinajstić information content (AvgIpc) is 2.73. The Balaban J connectivity index is 1.99. The number of hydrogen-bond donors (Lipinski definition) is 2. The maximum absolute atomic E-state index is 12.5. The van der Waals surface area contributed by atoms with Gasteiger partial charge in [0.25, 0.3) is 0 Å². The van der Waals surface area contributed by atoms with E-state index in [9.17, 15) is 9.59 Å². The number of methoxy groups -OCH3 is 3. The molecule has 2 amide bonds. The zero-order valence-electron chi connectivity index (χ0n) is 17.5. The van der Waals surface area contributed by atoms with Crippen molar-refractivity contribution in [1.82, 2.24) is 4.90 Å². The predicted molar refractivity (Wildman–Crippen MR) is 117 cm³/mol. The molecule has 0 aromatic heterocycles. The molecule has 9 heteroatoms. The topological polar surface area (TPSA) is 89.1 Å². The molecule has 162 valence electrons. The van der Waals surface area contributed by atoms with Gasteiger partial charge in [-0.3, -0.25) is 14.5 Å². The summed E-state index contributed by atoms with van der Waals surface area (Å²) in [6.45, 7) is 2.44. The van der Waals surface area contributed by atoms with Crippen molar-refractivity contribution in [3.8, 4) is 17.2 Å². The van der Waals surface area contributed by atoms with Gasteiger partial charge in [0, 0.05) is 6.07 Å². The third-order valence-corrected chi connectivity index (χ3v) is 4.61. The Morgan fingerprint density at radius 3 is 2.00 bits per heavy atom. The molecule has 2 N–H and O–H groups in total. The van der Waals surface area contributed by atoms with Crippen LogP contribution in [0, 0.1) is 0 Å². The fourth-order valence-corrected chi connectivity index (χ4v) is 3.01. The van der Waals surface area contributed by atoms with Gasteiger partial charge >= 0.3 is 0 Å². The summed E-state index contributed by atoms with van der Waals surface area (Å²) in [7, 11) is 4.51. The first-order chi connectivity index (χ1) is 14.4. The van der Waals surface area contributed by atoms with Crippen molar-refractivity contribution in [3.63, 3.8) is 0 Å². The second kappa shape index (κ2) is 11.3. The Labute approximate surface area is 181 Å². The predicted octanol–water partition coefficient (Wildman–Crippen LogP) is 3.26. The fourth-order valence-electron chi connectivity index (χ4n) is 2.77. The zero-order valence-corrected chi connectivity index (χ0v) is 18.2. The van der Waals surface area contributed by atoms with Crippen LogP contribution < -0.4 is 24.8 Å². The van der Waals surface area contributed by atoms with E-state index in [1.165, 1.54) is 21.3 Å². The molecule has 2 aromatic carbocycles. The van der Waals surface area contributed by atoms with Gasteiger partial charge < -0.3 is 24.8 Å². The molecule has 0 bridgehead atoms. The first-order valence-electron chi connectivity index (χ1n) is 9.28. The molecule has 2 aromatic rings. The Morgan fingerprint density at radius 1 is 0.867 bits per heavy atom. The summed E-state index contributed by atoms with van der Waals surface area (Å²) in [6.07, 6.45) is 0. The number of hydrogen-bond acceptors (Lipinski definition) is 6. The molecular weight excluding hydrogens is 410 g/mol. The molecule has 2 rings (SSSR count). The third-order valence-electron chi connectivity index (χ3n) is 4.31. The maximum Gasteiger partial charge on any atom is 0.238 e. The molecule has 0 fully saturated rings. The van der Waals surface area contributed by atoms with Gasteiger partial charge in [0.05, 0.1) is 50.8 Å². The molecule has 0 saturated heterocycles. The van der Waals surface area contributed by atoms with Gasteiger partial charge in [-0.15, -0.1) is 0 Å². The van der Waals surface area contributed by atoms with Crippen LogP contribution in [0.25, 0.3) is 0 Å². The molecule has 0 radical (unpaired) electrons. The van der Waals surface area contributed by atoms with Gasteiger partial charge in [0.2, 0.25) is 11.8 Å². The number of para-hydroxylation sites is 2. The number of carbonyl (C=O) groups excluding carboxylic acids is 2. The number of anilines is 2. The summed E-state index contributed by atoms with van der Waals surface area (Å²) in [5.41, 5.74) is 0.992. The minimum Gasteiger partial charge on any atom is -0.495 e. The van der Waals surface area contributed by atoms with E-state index < -0.39 is 0 Å². The van der Waals surface area contributed by atoms with Crippen LogP contribution >= 0.6 is 11.6 Å². The highest BCUT2D eigenvalue weighted by molar-refractivity contribution is 6.32. The van der Waals surface area contributed by atoms with Crippen LogP contribution in [0.2, 0.25) is 5.02 Å². The summed E-state index contributed by atoms with van der Waals surface area (Å²) in [5, 5.41) is 5.91. The second-order valence-electron chi connectivity index (χ2n) is 6.29. The quantitative estimate of drug-likeness (QED) is 0.595. The number of benzene rings is 2. The van der Waals surface area contributed by atoms with Crippen LogP contribution in [-0.4, -0.2) is 57.7 Å². The molecule has 0 heterocycles. The Hall–Kier alpha value is -2.97. The maximum atomic E-state index is 12.5. The van der Waals surface area contributed by atoms with Crippen molar-refractivity contribution in [1.29, 1.82) is 0 Å². The number of nitrogens with zero attached hydrogens (tertiary/aromatic N) is 1. The normalized spacial score (nSPS) is 10.5. The number of carbonyl (C=O) groups is 2. The van der Waals surface area contributed by atoms with E-state index in [-0.39, 0.29) is 24.9 Å². The smallest absolute Gasteiger partial charge is 0.238 e. The minimum absolute atomic E-state index is 0.0165. The molecule has 30 heavy (non-hydrogen) atoms. The van der Waals surface area contributed by atoms with Crippen molar-refractivity contribution in [2.45, 2.75) is 6.92 Å². The van der Waals surface area contributed by atoms with E-state index >= 15 is 0 Å². The lowest BCUT2D eigenvalue weighted by Crippen LogP contribution is -2.38. The van der Waals surface area contributed by atoms with Crippen molar-refractivity contribution in [2.24, 2.45) is 0 Å². The number of nitrogens with one attached hydrogen (secondary N) is 2. The summed E-state index contributed by atoms with van der Waals surface area (Å²) >= 11 is 6.14. The summed E-state index contributed by atoms with van der Waals surface area (Å²) in [4.78, 5) is 26.6. The van der Waals surface area contributed by atoms with Crippen molar-refractivity contribution < 1.29 is 23.8 Å². The molecule has 0 spiro atoms. The average molecular weight is 436 g/mol. The molecule has 0 aliphatic carbocycles. The zero-order chi connectivity index (χ0) is 22.1. The molecule has 0 aliphatic heterocycles. The van der Waals surface area contributed by atoms with Gasteiger partial charge in [-0.25, -0.2) is 0 Å². The highest BCUT2D eigenvalue weighted by atomic mass is 35.5. The van der Waals surface area contributed by atoms with Crippen LogP contribution in [0.3, 0.4) is 0 Å². The number of likely N-dealkylation sites (N-methyl/N-ethyl adjacent to an activating group) is 1. The van der Waals surface area contributed by atoms with E-state index in [2.05, 4.69) is 10.6 Å². The Morgan fingerprint density at radius 2 is 1.43 bits per heavy atom. The van der Waals surface area contributed by atoms with E-state index in [4.69, 9.17) is 25.8 Å². The lowest BCUT2D eigenvalue weighted by atomic mass is 10.2. The van der Waals surface area contributed by atoms with Crippen LogP contribution in [0.4, 0.5) is 11.4 Å². The molecule has 0 unspecified atom stereocenters. The van der Waals surface area contributed by atoms with Crippen molar-refractivity contribution in [3.05, 3.63) is 41.4 Å². The summed E-state index contributed by atoms with van der Waals surface area (Å²) < 4.78 is 15.7. The minimum atomic E-state index is -0.304. The van der Waals surface area contributed by atoms with Gasteiger partial charge in [0.15, 0.2) is 0 Å². The standard InChI is InChI=1S/C21H26ClN3O5/c1-5-25(12-20(26)23-15-8-6-7-9-17(15)28-2)13-21(27)24-16-10-14(22)18(29-3)11-19(16)30-4/h6-11H,5,12-13H2,1-4H3,(H,23,26)(H,24,27). The number of ether oxygens (including phenoxy) is 3. The number of rotatable bonds is 10. The largest absolute Gasteiger partial charge is 0.495 e. The van der Waals surface area contributed by atoms with Crippen molar-refractivity contribution in [2.75, 3.05) is 51.6 Å². The highest BCUT2D eigenvalue weighted by Gasteiger charge is 2.17. The SMILES string of the molecule is CCN(CC(=O)Nc1ccccc1OC)CC(=O)Nc1cc(Cl)c(OC)cc1OC. The molecule has 8 nitrogen and oxygen atoms in total. The molecule has 0 aliphatic rings. The number of halogens is 1. The monoisotopic (exact) mass is 435 g/mol. The van der Waals surface area contributed by atoms with E-state index in [0.29, 0.717) is 40.2 Å². The second-order valence-corrected chi connectivity index (χ2v) is 6.69. The summed E-state index contributed by atoms with van der Waals surface area (Å²) in [5.74, 6) is 0.868. The molecule has 0 atom stereocenters. The fraction of sp³-hybridized carbons (Fsp3) is 0.333. The van der Waals surface area contributed by atoms with Gasteiger partial charge in [-0.05, 0) is 24.7 Å². The summed E-state index contributed by atoms with van der Waals surface area (Å²) in [6, 6.07) is 10.3. The van der Waals surface area contributed by atoms with Crippen LogP contribution in [0.15, 0.2) is 36.4 Å². The van der Waals surface area contributed by atoms with Crippen LogP contribution in [0.5, 0.6) is 17.2 Å². The van der Waals surface area contributed by atoms with Crippen LogP contribution in [0.1, 0.15) is 6.92 Å². The van der Waals surface area contributed by atoms with E-state index in [1.807, 2.05) is 13.0 Å². The Kier molecular flexibility index (Phi) is 8.76. The van der Waals surface area contributed by atoms with E-state index in [0.717, 1.165) is 0 Å². The first kappa shape index (κ1) is 23.3. The van der Waals surface area contributed by atoms with E-state index in [1.54, 1.807) is 35.2 Å². The molecular formula is C21H26ClN3O5. The third kappa shape index (κ3) is 6.27.